The lowest BCUT2D eigenvalue weighted by atomic mass is 10.0. The van der Waals surface area contributed by atoms with Crippen LogP contribution < -0.4 is 16.0 Å². The summed E-state index contributed by atoms with van der Waals surface area (Å²) < 4.78 is 5.39. The van der Waals surface area contributed by atoms with Gasteiger partial charge in [-0.25, -0.2) is 0 Å². The highest BCUT2D eigenvalue weighted by atomic mass is 16.5. The molecule has 10 nitrogen and oxygen atoms in total. The Labute approximate surface area is 173 Å². The number of ether oxygens (including phenoxy) is 1. The summed E-state index contributed by atoms with van der Waals surface area (Å²) in [6.45, 7) is 1.26. The summed E-state index contributed by atoms with van der Waals surface area (Å²) >= 11 is 0. The molecule has 1 aromatic rings. The van der Waals surface area contributed by atoms with Crippen LogP contribution in [0.4, 0.5) is 5.69 Å². The summed E-state index contributed by atoms with van der Waals surface area (Å²) in [5.74, 6) is -2.21. The first kappa shape index (κ1) is 21.4. The van der Waals surface area contributed by atoms with Gasteiger partial charge in [0, 0.05) is 38.7 Å². The van der Waals surface area contributed by atoms with Crippen molar-refractivity contribution in [3.63, 3.8) is 0 Å². The lowest BCUT2D eigenvalue weighted by Gasteiger charge is -2.27. The van der Waals surface area contributed by atoms with Gasteiger partial charge in [0.05, 0.1) is 17.7 Å². The number of carbonyl (C=O) groups is 5. The van der Waals surface area contributed by atoms with Crippen molar-refractivity contribution in [2.24, 2.45) is 0 Å². The van der Waals surface area contributed by atoms with Crippen LogP contribution in [0.5, 0.6) is 0 Å². The molecule has 0 aromatic heterocycles. The molecule has 2 aliphatic heterocycles. The van der Waals surface area contributed by atoms with E-state index in [-0.39, 0.29) is 29.9 Å². The number of amides is 5. The van der Waals surface area contributed by atoms with E-state index in [4.69, 9.17) is 4.74 Å². The van der Waals surface area contributed by atoms with Gasteiger partial charge in [0.15, 0.2) is 0 Å². The molecule has 0 saturated carbocycles. The van der Waals surface area contributed by atoms with Crippen molar-refractivity contribution in [3.05, 3.63) is 29.3 Å². The Bertz CT molecular complexity index is 884. The van der Waals surface area contributed by atoms with Crippen LogP contribution in [0, 0.1) is 0 Å². The Balaban J connectivity index is 1.59. The van der Waals surface area contributed by atoms with Gasteiger partial charge in [-0.2, -0.15) is 0 Å². The first-order valence-corrected chi connectivity index (χ1v) is 9.80. The SMILES string of the molecule is CNC(=O)CCOCCCNc1cccc2c1C(=O)N(C1CCC(=O)NC1=O)C2=O. The third kappa shape index (κ3) is 4.48. The topological polar surface area (TPSA) is 134 Å². The molecule has 3 N–H and O–H groups in total. The maximum atomic E-state index is 13.0. The fraction of sp³-hybridized carbons (Fsp3) is 0.450. The molecule has 10 heteroatoms. The van der Waals surface area contributed by atoms with Crippen LogP contribution in [-0.2, 0) is 19.1 Å². The lowest BCUT2D eigenvalue weighted by molar-refractivity contribution is -0.136. The maximum absolute atomic E-state index is 13.0. The maximum Gasteiger partial charge on any atom is 0.264 e. The van der Waals surface area contributed by atoms with Crippen molar-refractivity contribution < 1.29 is 28.7 Å². The van der Waals surface area contributed by atoms with Gasteiger partial charge in [-0.05, 0) is 25.0 Å². The number of nitrogens with zero attached hydrogens (tertiary/aromatic N) is 1. The van der Waals surface area contributed by atoms with E-state index in [2.05, 4.69) is 16.0 Å². The summed E-state index contributed by atoms with van der Waals surface area (Å²) in [5.41, 5.74) is 0.968. The molecule has 1 unspecified atom stereocenters. The molecule has 1 fully saturated rings. The summed E-state index contributed by atoms with van der Waals surface area (Å²) in [7, 11) is 1.57. The largest absolute Gasteiger partial charge is 0.384 e. The van der Waals surface area contributed by atoms with E-state index in [9.17, 15) is 24.0 Å². The zero-order chi connectivity index (χ0) is 21.7. The molecule has 0 radical (unpaired) electrons. The Morgan fingerprint density at radius 3 is 2.73 bits per heavy atom. The quantitative estimate of drug-likeness (QED) is 0.382. The minimum Gasteiger partial charge on any atom is -0.384 e. The second kappa shape index (κ2) is 9.49. The van der Waals surface area contributed by atoms with Crippen LogP contribution in [0.2, 0.25) is 0 Å². The van der Waals surface area contributed by atoms with Crippen LogP contribution >= 0.6 is 0 Å². The number of fused-ring (bicyclic) bond motifs is 1. The Morgan fingerprint density at radius 1 is 1.20 bits per heavy atom. The molecule has 0 bridgehead atoms. The lowest BCUT2D eigenvalue weighted by Crippen LogP contribution is -2.54. The van der Waals surface area contributed by atoms with Gasteiger partial charge >= 0.3 is 0 Å². The molecule has 1 atom stereocenters. The minimum absolute atomic E-state index is 0.0782. The van der Waals surface area contributed by atoms with Gasteiger partial charge in [-0.3, -0.25) is 34.2 Å². The number of hydrogen-bond donors (Lipinski definition) is 3. The second-order valence-electron chi connectivity index (χ2n) is 6.99. The third-order valence-corrected chi connectivity index (χ3v) is 5.00. The molecule has 2 aliphatic rings. The monoisotopic (exact) mass is 416 g/mol. The molecular formula is C20H24N4O6. The number of nitrogens with one attached hydrogen (secondary N) is 3. The van der Waals surface area contributed by atoms with Crippen LogP contribution in [-0.4, -0.2) is 67.3 Å². The fourth-order valence-electron chi connectivity index (χ4n) is 3.45. The van der Waals surface area contributed by atoms with Crippen LogP contribution in [0.3, 0.4) is 0 Å². The normalized spacial score (nSPS) is 18.3. The zero-order valence-electron chi connectivity index (χ0n) is 16.7. The van der Waals surface area contributed by atoms with Gasteiger partial charge in [0.1, 0.15) is 6.04 Å². The molecular weight excluding hydrogens is 392 g/mol. The number of hydrogen-bond acceptors (Lipinski definition) is 7. The standard InChI is InChI=1S/C20H24N4O6/c1-21-15(25)8-11-30-10-3-9-22-13-5-2-4-12-17(13)20(29)24(19(12)28)14-6-7-16(26)23-18(14)27/h2,4-5,14,22H,3,6-11H2,1H3,(H,21,25)(H,23,26,27). The van der Waals surface area contributed by atoms with Crippen molar-refractivity contribution >= 4 is 35.2 Å². The molecule has 0 spiro atoms. The molecule has 5 amide bonds. The zero-order valence-corrected chi connectivity index (χ0v) is 16.7. The van der Waals surface area contributed by atoms with E-state index in [0.717, 1.165) is 4.90 Å². The Hall–Kier alpha value is -3.27. The minimum atomic E-state index is -0.989. The average Bonchev–Trinajstić information content (AvgIpc) is 2.98. The fourth-order valence-corrected chi connectivity index (χ4v) is 3.45. The molecule has 30 heavy (non-hydrogen) atoms. The molecule has 0 aliphatic carbocycles. The highest BCUT2D eigenvalue weighted by Crippen LogP contribution is 2.32. The van der Waals surface area contributed by atoms with Crippen molar-refractivity contribution in [2.45, 2.75) is 31.7 Å². The van der Waals surface area contributed by atoms with E-state index in [1.165, 1.54) is 0 Å². The third-order valence-electron chi connectivity index (χ3n) is 5.00. The Kier molecular flexibility index (Phi) is 6.78. The highest BCUT2D eigenvalue weighted by Gasteiger charge is 2.45. The van der Waals surface area contributed by atoms with E-state index in [0.29, 0.717) is 38.3 Å². The van der Waals surface area contributed by atoms with E-state index in [1.807, 2.05) is 0 Å². The number of anilines is 1. The van der Waals surface area contributed by atoms with Crippen LogP contribution in [0.25, 0.3) is 0 Å². The molecule has 160 valence electrons. The summed E-state index contributed by atoms with van der Waals surface area (Å²) in [6, 6.07) is 3.93. The first-order valence-electron chi connectivity index (χ1n) is 9.80. The number of rotatable bonds is 9. The number of imide groups is 2. The van der Waals surface area contributed by atoms with Gasteiger partial charge in [0.25, 0.3) is 11.8 Å². The van der Waals surface area contributed by atoms with Crippen molar-refractivity contribution in [2.75, 3.05) is 32.1 Å². The summed E-state index contributed by atoms with van der Waals surface area (Å²) in [4.78, 5) is 61.3. The van der Waals surface area contributed by atoms with E-state index < -0.39 is 29.7 Å². The van der Waals surface area contributed by atoms with Gasteiger partial charge in [-0.15, -0.1) is 0 Å². The predicted molar refractivity (Wildman–Crippen MR) is 106 cm³/mol. The average molecular weight is 416 g/mol. The number of benzene rings is 1. The molecule has 2 heterocycles. The smallest absolute Gasteiger partial charge is 0.264 e. The highest BCUT2D eigenvalue weighted by molar-refractivity contribution is 6.25. The molecule has 1 saturated heterocycles. The summed E-state index contributed by atoms with van der Waals surface area (Å²) in [5, 5.41) is 7.83. The molecule has 1 aromatic carbocycles. The second-order valence-corrected chi connectivity index (χ2v) is 6.99. The van der Waals surface area contributed by atoms with Crippen LogP contribution in [0.15, 0.2) is 18.2 Å². The van der Waals surface area contributed by atoms with E-state index >= 15 is 0 Å². The first-order chi connectivity index (χ1) is 14.4. The van der Waals surface area contributed by atoms with E-state index in [1.54, 1.807) is 25.2 Å². The number of piperidine rings is 1. The summed E-state index contributed by atoms with van der Waals surface area (Å²) in [6.07, 6.45) is 1.13. The van der Waals surface area contributed by atoms with Crippen LogP contribution in [0.1, 0.15) is 46.4 Å². The van der Waals surface area contributed by atoms with Gasteiger partial charge in [-0.1, -0.05) is 6.07 Å². The van der Waals surface area contributed by atoms with Gasteiger partial charge in [0.2, 0.25) is 17.7 Å². The van der Waals surface area contributed by atoms with Crippen molar-refractivity contribution in [1.82, 2.24) is 15.5 Å². The predicted octanol–water partition coefficient (Wildman–Crippen LogP) is 0.0425. The molecule has 3 rings (SSSR count). The van der Waals surface area contributed by atoms with Crippen molar-refractivity contribution in [3.8, 4) is 0 Å². The Morgan fingerprint density at radius 2 is 2.00 bits per heavy atom. The van der Waals surface area contributed by atoms with Crippen molar-refractivity contribution in [1.29, 1.82) is 0 Å². The number of carbonyl (C=O) groups excluding carboxylic acids is 5. The van der Waals surface area contributed by atoms with Gasteiger partial charge < -0.3 is 15.4 Å².